The summed E-state index contributed by atoms with van der Waals surface area (Å²) in [5.41, 5.74) is 0.868. The van der Waals surface area contributed by atoms with E-state index in [0.717, 1.165) is 10.4 Å². The minimum atomic E-state index is -0.537. The Morgan fingerprint density at radius 2 is 2.00 bits per heavy atom. The zero-order valence-electron chi connectivity index (χ0n) is 14.5. The van der Waals surface area contributed by atoms with Crippen LogP contribution in [0.1, 0.15) is 28.9 Å². The number of carbonyl (C=O) groups is 1. The number of nitrogens with one attached hydrogen (secondary N) is 1. The van der Waals surface area contributed by atoms with Crippen LogP contribution in [0.2, 0.25) is 4.34 Å². The van der Waals surface area contributed by atoms with Crippen molar-refractivity contribution in [3.05, 3.63) is 79.6 Å². The molecular weight excluding hydrogens is 421 g/mol. The van der Waals surface area contributed by atoms with Gasteiger partial charge in [-0.05, 0) is 36.8 Å². The Kier molecular flexibility index (Phi) is 5.01. The first kappa shape index (κ1) is 18.8. The molecule has 0 saturated carbocycles. The van der Waals surface area contributed by atoms with Gasteiger partial charge in [-0.2, -0.15) is 0 Å². The summed E-state index contributed by atoms with van der Waals surface area (Å²) in [4.78, 5) is 31.2. The van der Waals surface area contributed by atoms with Gasteiger partial charge in [0.25, 0.3) is 11.5 Å². The summed E-state index contributed by atoms with van der Waals surface area (Å²) in [7, 11) is 0. The van der Waals surface area contributed by atoms with Gasteiger partial charge in [-0.25, -0.2) is 13.8 Å². The van der Waals surface area contributed by atoms with Gasteiger partial charge in [0.15, 0.2) is 4.96 Å². The number of hydrogen-bond donors (Lipinski definition) is 1. The zero-order chi connectivity index (χ0) is 19.8. The molecule has 3 aromatic heterocycles. The third-order valence-electron chi connectivity index (χ3n) is 4.23. The van der Waals surface area contributed by atoms with Gasteiger partial charge in [-0.1, -0.05) is 23.7 Å². The minimum Gasteiger partial charge on any atom is -0.345 e. The van der Waals surface area contributed by atoms with Gasteiger partial charge >= 0.3 is 0 Å². The lowest BCUT2D eigenvalue weighted by Gasteiger charge is -2.14. The molecule has 4 aromatic rings. The van der Waals surface area contributed by atoms with E-state index in [2.05, 4.69) is 10.3 Å². The molecule has 28 heavy (non-hydrogen) atoms. The summed E-state index contributed by atoms with van der Waals surface area (Å²) in [5.74, 6) is -0.890. The Bertz CT molecular complexity index is 1230. The third kappa shape index (κ3) is 3.46. The van der Waals surface area contributed by atoms with Crippen LogP contribution in [0.3, 0.4) is 0 Å². The summed E-state index contributed by atoms with van der Waals surface area (Å²) in [6.45, 7) is 1.76. The summed E-state index contributed by atoms with van der Waals surface area (Å²) >= 11 is 8.67. The van der Waals surface area contributed by atoms with Crippen LogP contribution in [-0.2, 0) is 0 Å². The summed E-state index contributed by atoms with van der Waals surface area (Å²) in [5, 5.41) is 4.58. The highest BCUT2D eigenvalue weighted by atomic mass is 35.5. The molecule has 0 fully saturated rings. The molecule has 4 rings (SSSR count). The molecule has 0 bridgehead atoms. The monoisotopic (exact) mass is 433 g/mol. The first-order chi connectivity index (χ1) is 13.4. The number of hydrogen-bond acceptors (Lipinski definition) is 5. The molecule has 1 aromatic carbocycles. The number of amides is 1. The quantitative estimate of drug-likeness (QED) is 0.504. The Morgan fingerprint density at radius 3 is 2.68 bits per heavy atom. The largest absolute Gasteiger partial charge is 0.345 e. The lowest BCUT2D eigenvalue weighted by molar-refractivity contribution is 0.0938. The van der Waals surface area contributed by atoms with Crippen LogP contribution in [0.5, 0.6) is 0 Å². The van der Waals surface area contributed by atoms with E-state index < -0.39 is 17.5 Å². The van der Waals surface area contributed by atoms with Crippen molar-refractivity contribution in [1.29, 1.82) is 0 Å². The number of nitrogens with zero attached hydrogens (tertiary/aromatic N) is 2. The fourth-order valence-electron chi connectivity index (χ4n) is 2.78. The van der Waals surface area contributed by atoms with Crippen molar-refractivity contribution in [2.24, 2.45) is 0 Å². The SMILES string of the molecule is CC(NC(=O)c1cnc2scc(-c3ccc(Cl)s3)n2c1=O)c1ccc(F)cc1. The van der Waals surface area contributed by atoms with Gasteiger partial charge in [0.2, 0.25) is 0 Å². The number of carbonyl (C=O) groups excluding carboxylic acids is 1. The maximum absolute atomic E-state index is 13.1. The van der Waals surface area contributed by atoms with E-state index in [1.165, 1.54) is 45.4 Å². The van der Waals surface area contributed by atoms with Gasteiger partial charge in [0.1, 0.15) is 11.4 Å². The van der Waals surface area contributed by atoms with Crippen LogP contribution in [0.4, 0.5) is 4.39 Å². The molecule has 1 amide bonds. The highest BCUT2D eigenvalue weighted by Gasteiger charge is 2.19. The van der Waals surface area contributed by atoms with Crippen molar-refractivity contribution in [2.45, 2.75) is 13.0 Å². The molecule has 0 aliphatic rings. The van der Waals surface area contributed by atoms with Gasteiger partial charge in [-0.15, -0.1) is 22.7 Å². The average Bonchev–Trinajstić information content (AvgIpc) is 3.28. The molecule has 1 atom stereocenters. The number of aromatic nitrogens is 2. The maximum Gasteiger partial charge on any atom is 0.271 e. The van der Waals surface area contributed by atoms with Crippen molar-refractivity contribution in [2.75, 3.05) is 0 Å². The van der Waals surface area contributed by atoms with Crippen molar-refractivity contribution in [1.82, 2.24) is 14.7 Å². The number of benzene rings is 1. The molecule has 3 heterocycles. The highest BCUT2D eigenvalue weighted by molar-refractivity contribution is 7.20. The van der Waals surface area contributed by atoms with E-state index in [1.807, 2.05) is 11.4 Å². The molecule has 9 heteroatoms. The first-order valence-corrected chi connectivity index (χ1v) is 10.3. The van der Waals surface area contributed by atoms with Gasteiger partial charge in [0, 0.05) is 11.6 Å². The van der Waals surface area contributed by atoms with E-state index >= 15 is 0 Å². The lowest BCUT2D eigenvalue weighted by atomic mass is 10.1. The van der Waals surface area contributed by atoms with Crippen molar-refractivity contribution < 1.29 is 9.18 Å². The predicted molar refractivity (Wildman–Crippen MR) is 110 cm³/mol. The highest BCUT2D eigenvalue weighted by Crippen LogP contribution is 2.32. The average molecular weight is 434 g/mol. The third-order valence-corrected chi connectivity index (χ3v) is 6.33. The predicted octanol–water partition coefficient (Wildman–Crippen LogP) is 4.77. The number of halogens is 2. The molecule has 0 aliphatic heterocycles. The Hall–Kier alpha value is -2.55. The normalized spacial score (nSPS) is 12.2. The number of thiophene rings is 1. The fraction of sp³-hybridized carbons (Fsp3) is 0.105. The Morgan fingerprint density at radius 1 is 1.25 bits per heavy atom. The smallest absolute Gasteiger partial charge is 0.271 e. The van der Waals surface area contributed by atoms with Crippen LogP contribution in [0.15, 0.2) is 52.8 Å². The van der Waals surface area contributed by atoms with Crippen molar-refractivity contribution in [3.63, 3.8) is 0 Å². The van der Waals surface area contributed by atoms with Crippen LogP contribution >= 0.6 is 34.3 Å². The Balaban J connectivity index is 1.68. The summed E-state index contributed by atoms with van der Waals surface area (Å²) in [6, 6.07) is 9.01. The number of rotatable bonds is 4. The fourth-order valence-corrected chi connectivity index (χ4v) is 4.76. The molecule has 1 unspecified atom stereocenters. The molecule has 1 N–H and O–H groups in total. The Labute approximate surface area is 172 Å². The summed E-state index contributed by atoms with van der Waals surface area (Å²) < 4.78 is 15.1. The number of fused-ring (bicyclic) bond motifs is 1. The van der Waals surface area contributed by atoms with Gasteiger partial charge < -0.3 is 5.32 Å². The van der Waals surface area contributed by atoms with Crippen molar-refractivity contribution >= 4 is 45.1 Å². The van der Waals surface area contributed by atoms with E-state index in [-0.39, 0.29) is 11.4 Å². The van der Waals surface area contributed by atoms with Gasteiger partial charge in [-0.3, -0.25) is 9.59 Å². The van der Waals surface area contributed by atoms with Crippen LogP contribution in [-0.4, -0.2) is 15.3 Å². The van der Waals surface area contributed by atoms with Crippen LogP contribution in [0.25, 0.3) is 15.5 Å². The molecule has 0 aliphatic carbocycles. The second kappa shape index (κ2) is 7.46. The second-order valence-electron chi connectivity index (χ2n) is 6.07. The second-order valence-corrected chi connectivity index (χ2v) is 8.62. The van der Waals surface area contributed by atoms with E-state index in [9.17, 15) is 14.0 Å². The number of thiazole rings is 1. The summed E-state index contributed by atoms with van der Waals surface area (Å²) in [6.07, 6.45) is 1.28. The molecule has 0 spiro atoms. The van der Waals surface area contributed by atoms with E-state index in [0.29, 0.717) is 15.0 Å². The maximum atomic E-state index is 13.1. The molecule has 0 saturated heterocycles. The van der Waals surface area contributed by atoms with Crippen LogP contribution < -0.4 is 10.9 Å². The molecular formula is C19H13ClFN3O2S2. The van der Waals surface area contributed by atoms with Crippen molar-refractivity contribution in [3.8, 4) is 10.6 Å². The molecule has 0 radical (unpaired) electrons. The van der Waals surface area contributed by atoms with Gasteiger partial charge in [0.05, 0.1) is 20.9 Å². The molecule has 5 nitrogen and oxygen atoms in total. The lowest BCUT2D eigenvalue weighted by Crippen LogP contribution is -2.33. The first-order valence-electron chi connectivity index (χ1n) is 8.25. The minimum absolute atomic E-state index is 0.0613. The van der Waals surface area contributed by atoms with Crippen LogP contribution in [0, 0.1) is 5.82 Å². The van der Waals surface area contributed by atoms with E-state index in [1.54, 1.807) is 25.1 Å². The van der Waals surface area contributed by atoms with E-state index in [4.69, 9.17) is 11.6 Å². The zero-order valence-corrected chi connectivity index (χ0v) is 16.9. The molecule has 142 valence electrons. The standard InChI is InChI=1S/C19H13ClFN3O2S2/c1-10(11-2-4-12(21)5-3-11)23-17(25)13-8-22-19-24(18(13)26)14(9-27-19)15-6-7-16(20)28-15/h2-10H,1H3,(H,23,25). The topological polar surface area (TPSA) is 63.5 Å².